The topological polar surface area (TPSA) is 99.9 Å². The first-order chi connectivity index (χ1) is 10.0. The number of nitro groups is 1. The second kappa shape index (κ2) is 5.68. The Hall–Kier alpha value is -3.45. The summed E-state index contributed by atoms with van der Waals surface area (Å²) in [5, 5.41) is 28.8. The largest absolute Gasteiger partial charge is 0.450 e. The van der Waals surface area contributed by atoms with Crippen LogP contribution in [0.5, 0.6) is 11.5 Å². The molecule has 0 N–H and O–H groups in total. The maximum Gasteiger partial charge on any atom is 0.312 e. The SMILES string of the molecule is N#Cc1cc(Oc2ccc(F)cc2)c([N+](=O)[O-])cc1C#N. The van der Waals surface area contributed by atoms with Gasteiger partial charge in [0.2, 0.25) is 5.75 Å². The van der Waals surface area contributed by atoms with Crippen molar-refractivity contribution in [2.24, 2.45) is 0 Å². The Morgan fingerprint density at radius 1 is 1.10 bits per heavy atom. The average Bonchev–Trinajstić information content (AvgIpc) is 2.48. The summed E-state index contributed by atoms with van der Waals surface area (Å²) in [5.74, 6) is -0.496. The minimum atomic E-state index is -0.721. The van der Waals surface area contributed by atoms with E-state index in [0.29, 0.717) is 0 Å². The Morgan fingerprint density at radius 3 is 2.19 bits per heavy atom. The van der Waals surface area contributed by atoms with Gasteiger partial charge in [0.1, 0.15) is 23.7 Å². The quantitative estimate of drug-likeness (QED) is 0.635. The molecule has 7 heteroatoms. The second-order valence-electron chi connectivity index (χ2n) is 3.90. The fourth-order valence-corrected chi connectivity index (χ4v) is 1.61. The van der Waals surface area contributed by atoms with E-state index in [1.165, 1.54) is 12.1 Å². The maximum absolute atomic E-state index is 12.8. The molecule has 0 bridgehead atoms. The van der Waals surface area contributed by atoms with Crippen molar-refractivity contribution >= 4 is 5.69 Å². The highest BCUT2D eigenvalue weighted by molar-refractivity contribution is 5.60. The maximum atomic E-state index is 12.8. The molecule has 0 saturated heterocycles. The minimum absolute atomic E-state index is 0.0415. The summed E-state index contributed by atoms with van der Waals surface area (Å²) in [6, 6.07) is 10.4. The minimum Gasteiger partial charge on any atom is -0.450 e. The Morgan fingerprint density at radius 2 is 1.67 bits per heavy atom. The Bertz CT molecular complexity index is 789. The Kier molecular flexibility index (Phi) is 3.78. The van der Waals surface area contributed by atoms with Gasteiger partial charge in [-0.25, -0.2) is 4.39 Å². The van der Waals surface area contributed by atoms with Gasteiger partial charge in [-0.2, -0.15) is 10.5 Å². The van der Waals surface area contributed by atoms with E-state index in [0.717, 1.165) is 24.3 Å². The van der Waals surface area contributed by atoms with Crippen LogP contribution >= 0.6 is 0 Å². The molecule has 6 nitrogen and oxygen atoms in total. The van der Waals surface area contributed by atoms with Crippen LogP contribution in [0.3, 0.4) is 0 Å². The van der Waals surface area contributed by atoms with Crippen molar-refractivity contribution in [3.8, 4) is 23.6 Å². The van der Waals surface area contributed by atoms with Crippen LogP contribution in [0, 0.1) is 38.6 Å². The van der Waals surface area contributed by atoms with E-state index >= 15 is 0 Å². The molecular weight excluding hydrogens is 277 g/mol. The molecule has 0 atom stereocenters. The number of halogens is 1. The molecule has 0 fully saturated rings. The average molecular weight is 283 g/mol. The smallest absolute Gasteiger partial charge is 0.312 e. The van der Waals surface area contributed by atoms with E-state index in [4.69, 9.17) is 15.3 Å². The van der Waals surface area contributed by atoms with Gasteiger partial charge in [0, 0.05) is 12.1 Å². The van der Waals surface area contributed by atoms with E-state index in [1.54, 1.807) is 12.1 Å². The molecule has 0 aliphatic rings. The molecule has 0 heterocycles. The number of benzene rings is 2. The van der Waals surface area contributed by atoms with Gasteiger partial charge in [-0.05, 0) is 24.3 Å². The lowest BCUT2D eigenvalue weighted by atomic mass is 10.1. The van der Waals surface area contributed by atoms with Crippen LogP contribution in [0.25, 0.3) is 0 Å². The first-order valence-corrected chi connectivity index (χ1v) is 5.61. The highest BCUT2D eigenvalue weighted by Crippen LogP contribution is 2.33. The summed E-state index contributed by atoms with van der Waals surface area (Å²) in [6.45, 7) is 0. The number of ether oxygens (including phenoxy) is 1. The zero-order valence-electron chi connectivity index (χ0n) is 10.4. The van der Waals surface area contributed by atoms with E-state index in [-0.39, 0.29) is 22.6 Å². The lowest BCUT2D eigenvalue weighted by Crippen LogP contribution is -1.96. The molecule has 0 amide bonds. The fraction of sp³-hybridized carbons (Fsp3) is 0. The lowest BCUT2D eigenvalue weighted by molar-refractivity contribution is -0.385. The van der Waals surface area contributed by atoms with E-state index < -0.39 is 16.4 Å². The molecule has 2 aromatic carbocycles. The summed E-state index contributed by atoms with van der Waals surface area (Å²) >= 11 is 0. The molecular formula is C14H6FN3O3. The third kappa shape index (κ3) is 2.94. The van der Waals surface area contributed by atoms with Gasteiger partial charge in [0.25, 0.3) is 0 Å². The predicted octanol–water partition coefficient (Wildman–Crippen LogP) is 3.27. The summed E-state index contributed by atoms with van der Waals surface area (Å²) < 4.78 is 18.1. The van der Waals surface area contributed by atoms with Crippen LogP contribution in [0.15, 0.2) is 36.4 Å². The van der Waals surface area contributed by atoms with Gasteiger partial charge in [-0.1, -0.05) is 0 Å². The van der Waals surface area contributed by atoms with Crippen molar-refractivity contribution in [1.82, 2.24) is 0 Å². The molecule has 2 rings (SSSR count). The molecule has 0 aliphatic heterocycles. The monoisotopic (exact) mass is 283 g/mol. The fourth-order valence-electron chi connectivity index (χ4n) is 1.61. The molecule has 2 aromatic rings. The van der Waals surface area contributed by atoms with Gasteiger partial charge in [-0.3, -0.25) is 10.1 Å². The van der Waals surface area contributed by atoms with Crippen LogP contribution in [0.4, 0.5) is 10.1 Å². The molecule has 0 aromatic heterocycles. The normalized spacial score (nSPS) is 9.48. The third-order valence-corrected chi connectivity index (χ3v) is 2.58. The molecule has 102 valence electrons. The second-order valence-corrected chi connectivity index (χ2v) is 3.90. The van der Waals surface area contributed by atoms with Crippen molar-refractivity contribution in [1.29, 1.82) is 10.5 Å². The van der Waals surface area contributed by atoms with Gasteiger partial charge < -0.3 is 4.74 Å². The molecule has 0 spiro atoms. The number of hydrogen-bond acceptors (Lipinski definition) is 5. The van der Waals surface area contributed by atoms with Crippen molar-refractivity contribution in [2.75, 3.05) is 0 Å². The molecule has 0 aliphatic carbocycles. The Labute approximate surface area is 118 Å². The zero-order valence-corrected chi connectivity index (χ0v) is 10.4. The van der Waals surface area contributed by atoms with Crippen molar-refractivity contribution in [2.45, 2.75) is 0 Å². The van der Waals surface area contributed by atoms with Crippen LogP contribution in [-0.4, -0.2) is 4.92 Å². The number of nitrogens with zero attached hydrogens (tertiary/aromatic N) is 3. The zero-order chi connectivity index (χ0) is 15.4. The Balaban J connectivity index is 2.51. The predicted molar refractivity (Wildman–Crippen MR) is 69.0 cm³/mol. The van der Waals surface area contributed by atoms with E-state index in [2.05, 4.69) is 0 Å². The van der Waals surface area contributed by atoms with Gasteiger partial charge in [0.05, 0.1) is 16.1 Å². The van der Waals surface area contributed by atoms with E-state index in [9.17, 15) is 14.5 Å². The number of hydrogen-bond donors (Lipinski definition) is 0. The van der Waals surface area contributed by atoms with Crippen molar-refractivity contribution < 1.29 is 14.1 Å². The van der Waals surface area contributed by atoms with Crippen LogP contribution < -0.4 is 4.74 Å². The van der Waals surface area contributed by atoms with Crippen molar-refractivity contribution in [3.63, 3.8) is 0 Å². The van der Waals surface area contributed by atoms with Crippen LogP contribution in [0.2, 0.25) is 0 Å². The summed E-state index contributed by atoms with van der Waals surface area (Å²) in [7, 11) is 0. The molecule has 0 unspecified atom stereocenters. The summed E-state index contributed by atoms with van der Waals surface area (Å²) in [5.41, 5.74) is -0.606. The summed E-state index contributed by atoms with van der Waals surface area (Å²) in [6.07, 6.45) is 0. The molecule has 21 heavy (non-hydrogen) atoms. The number of nitriles is 2. The van der Waals surface area contributed by atoms with Crippen LogP contribution in [-0.2, 0) is 0 Å². The van der Waals surface area contributed by atoms with Gasteiger partial charge in [0.15, 0.2) is 0 Å². The lowest BCUT2D eigenvalue weighted by Gasteiger charge is -2.07. The first-order valence-electron chi connectivity index (χ1n) is 5.61. The summed E-state index contributed by atoms with van der Waals surface area (Å²) in [4.78, 5) is 10.3. The molecule has 0 radical (unpaired) electrons. The van der Waals surface area contributed by atoms with Crippen LogP contribution in [0.1, 0.15) is 11.1 Å². The standard InChI is InChI=1S/C14H6FN3O3/c15-11-1-3-12(4-2-11)21-14-6-10(8-17)9(7-16)5-13(14)18(19)20/h1-6H. The number of rotatable bonds is 3. The number of nitro benzene ring substituents is 1. The first kappa shape index (κ1) is 14.0. The van der Waals surface area contributed by atoms with Gasteiger partial charge in [-0.15, -0.1) is 0 Å². The van der Waals surface area contributed by atoms with Gasteiger partial charge >= 0.3 is 5.69 Å². The van der Waals surface area contributed by atoms with E-state index in [1.807, 2.05) is 0 Å². The molecule has 0 saturated carbocycles. The highest BCUT2D eigenvalue weighted by atomic mass is 19.1. The third-order valence-electron chi connectivity index (χ3n) is 2.58. The van der Waals surface area contributed by atoms with Crippen molar-refractivity contribution in [3.05, 3.63) is 63.5 Å². The highest BCUT2D eigenvalue weighted by Gasteiger charge is 2.20.